The van der Waals surface area contributed by atoms with E-state index in [2.05, 4.69) is 0 Å². The van der Waals surface area contributed by atoms with Crippen molar-refractivity contribution in [3.05, 3.63) is 18.2 Å². The van der Waals surface area contributed by atoms with Crippen LogP contribution in [0.25, 0.3) is 0 Å². The maximum Gasteiger partial charge on any atom is 0.243 e. The highest BCUT2D eigenvalue weighted by Crippen LogP contribution is 2.32. The normalized spacial score (nSPS) is 20.6. The van der Waals surface area contributed by atoms with Crippen molar-refractivity contribution in [2.45, 2.75) is 37.1 Å². The second-order valence-electron chi connectivity index (χ2n) is 4.98. The summed E-state index contributed by atoms with van der Waals surface area (Å²) in [5.41, 5.74) is 0. The minimum atomic E-state index is -3.47. The summed E-state index contributed by atoms with van der Waals surface area (Å²) in [5.74, 6) is 0.955. The van der Waals surface area contributed by atoms with E-state index in [0.717, 1.165) is 19.3 Å². The van der Waals surface area contributed by atoms with Crippen molar-refractivity contribution in [3.63, 3.8) is 0 Å². The first-order valence-corrected chi connectivity index (χ1v) is 8.18. The highest BCUT2D eigenvalue weighted by Gasteiger charge is 2.31. The van der Waals surface area contributed by atoms with Crippen LogP contribution in [0.1, 0.15) is 26.2 Å². The van der Waals surface area contributed by atoms with Crippen LogP contribution < -0.4 is 9.47 Å². The second kappa shape index (κ2) is 6.01. The molecule has 0 unspecified atom stereocenters. The molecule has 1 heterocycles. The summed E-state index contributed by atoms with van der Waals surface area (Å²) in [4.78, 5) is 0.254. The number of benzene rings is 1. The zero-order chi connectivity index (χ0) is 14.8. The van der Waals surface area contributed by atoms with Gasteiger partial charge in [0.25, 0.3) is 0 Å². The molecule has 1 aliphatic rings. The van der Waals surface area contributed by atoms with E-state index in [4.69, 9.17) is 9.47 Å². The Labute approximate surface area is 120 Å². The Morgan fingerprint density at radius 3 is 2.45 bits per heavy atom. The lowest BCUT2D eigenvalue weighted by Crippen LogP contribution is -2.41. The Hall–Kier alpha value is -1.27. The lowest BCUT2D eigenvalue weighted by molar-refractivity contribution is 0.268. The number of methoxy groups -OCH3 is 2. The van der Waals surface area contributed by atoms with E-state index in [1.165, 1.54) is 20.3 Å². The molecule has 1 saturated heterocycles. The Morgan fingerprint density at radius 1 is 1.15 bits per heavy atom. The first-order valence-electron chi connectivity index (χ1n) is 6.74. The van der Waals surface area contributed by atoms with Crippen LogP contribution in [0.15, 0.2) is 23.1 Å². The van der Waals surface area contributed by atoms with Gasteiger partial charge in [-0.1, -0.05) is 6.42 Å². The number of piperidine rings is 1. The molecule has 1 aromatic carbocycles. The second-order valence-corrected chi connectivity index (χ2v) is 6.87. The molecule has 2 rings (SSSR count). The minimum absolute atomic E-state index is 0.0434. The Bertz CT molecular complexity index is 571. The summed E-state index contributed by atoms with van der Waals surface area (Å²) in [6, 6.07) is 4.76. The topological polar surface area (TPSA) is 55.8 Å². The van der Waals surface area contributed by atoms with Crippen LogP contribution in [0.4, 0.5) is 0 Å². The fourth-order valence-corrected chi connectivity index (χ4v) is 4.26. The van der Waals surface area contributed by atoms with Crippen LogP contribution >= 0.6 is 0 Å². The van der Waals surface area contributed by atoms with Gasteiger partial charge in [-0.2, -0.15) is 4.31 Å². The van der Waals surface area contributed by atoms with E-state index in [1.807, 2.05) is 6.92 Å². The van der Waals surface area contributed by atoms with E-state index in [9.17, 15) is 8.42 Å². The monoisotopic (exact) mass is 299 g/mol. The van der Waals surface area contributed by atoms with Crippen LogP contribution in [0.3, 0.4) is 0 Å². The smallest absolute Gasteiger partial charge is 0.243 e. The third-order valence-electron chi connectivity index (χ3n) is 3.70. The molecule has 5 nitrogen and oxygen atoms in total. The Kier molecular flexibility index (Phi) is 4.55. The molecule has 0 aromatic heterocycles. The summed E-state index contributed by atoms with van der Waals surface area (Å²) in [7, 11) is -0.447. The Balaban J connectivity index is 2.38. The number of rotatable bonds is 4. The molecule has 0 spiro atoms. The standard InChI is InChI=1S/C14H21NO4S/c1-11-6-4-5-9-15(11)20(16,17)12-7-8-13(18-2)14(10-12)19-3/h7-8,10-11H,4-6,9H2,1-3H3/t11-/m1/s1. The molecular formula is C14H21NO4S. The van der Waals surface area contributed by atoms with Gasteiger partial charge in [-0.15, -0.1) is 0 Å². The molecule has 20 heavy (non-hydrogen) atoms. The van der Waals surface area contributed by atoms with Gasteiger partial charge < -0.3 is 9.47 Å². The lowest BCUT2D eigenvalue weighted by Gasteiger charge is -2.32. The van der Waals surface area contributed by atoms with E-state index in [-0.39, 0.29) is 10.9 Å². The first-order chi connectivity index (χ1) is 9.50. The summed E-state index contributed by atoms with van der Waals surface area (Å²) in [6.07, 6.45) is 2.91. The van der Waals surface area contributed by atoms with Crippen molar-refractivity contribution < 1.29 is 17.9 Å². The zero-order valence-corrected chi connectivity index (χ0v) is 12.9. The van der Waals surface area contributed by atoms with Gasteiger partial charge in [0.2, 0.25) is 10.0 Å². The van der Waals surface area contributed by atoms with Crippen molar-refractivity contribution in [1.29, 1.82) is 0 Å². The summed E-state index contributed by atoms with van der Waals surface area (Å²) in [5, 5.41) is 0. The lowest BCUT2D eigenvalue weighted by atomic mass is 10.1. The SMILES string of the molecule is COc1ccc(S(=O)(=O)N2CCCC[C@H]2C)cc1OC. The maximum atomic E-state index is 12.7. The molecular weight excluding hydrogens is 278 g/mol. The van der Waals surface area contributed by atoms with Crippen LogP contribution in [-0.4, -0.2) is 39.5 Å². The number of hydrogen-bond donors (Lipinski definition) is 0. The summed E-state index contributed by atoms with van der Waals surface area (Å²) in [6.45, 7) is 2.54. The van der Waals surface area contributed by atoms with Crippen molar-refractivity contribution in [2.75, 3.05) is 20.8 Å². The summed E-state index contributed by atoms with van der Waals surface area (Å²) < 4.78 is 37.3. The van der Waals surface area contributed by atoms with E-state index >= 15 is 0 Å². The van der Waals surface area contributed by atoms with Gasteiger partial charge in [0.15, 0.2) is 11.5 Å². The van der Waals surface area contributed by atoms with Crippen LogP contribution in [0, 0.1) is 0 Å². The van der Waals surface area contributed by atoms with Crippen molar-refractivity contribution >= 4 is 10.0 Å². The van der Waals surface area contributed by atoms with Gasteiger partial charge in [0.1, 0.15) is 0 Å². The third-order valence-corrected chi connectivity index (χ3v) is 5.71. The summed E-state index contributed by atoms with van der Waals surface area (Å²) >= 11 is 0. The molecule has 0 amide bonds. The number of ether oxygens (including phenoxy) is 2. The average molecular weight is 299 g/mol. The van der Waals surface area contributed by atoms with Gasteiger partial charge in [-0.05, 0) is 31.9 Å². The first kappa shape index (κ1) is 15.1. The van der Waals surface area contributed by atoms with Gasteiger partial charge in [0.05, 0.1) is 19.1 Å². The van der Waals surface area contributed by atoms with Crippen LogP contribution in [-0.2, 0) is 10.0 Å². The van der Waals surface area contributed by atoms with E-state index in [0.29, 0.717) is 18.0 Å². The number of sulfonamides is 1. The fourth-order valence-electron chi connectivity index (χ4n) is 2.54. The van der Waals surface area contributed by atoms with E-state index < -0.39 is 10.0 Å². The highest BCUT2D eigenvalue weighted by atomic mass is 32.2. The molecule has 1 aromatic rings. The maximum absolute atomic E-state index is 12.7. The molecule has 0 bridgehead atoms. The molecule has 0 N–H and O–H groups in total. The molecule has 1 fully saturated rings. The van der Waals surface area contributed by atoms with Crippen molar-refractivity contribution in [3.8, 4) is 11.5 Å². The minimum Gasteiger partial charge on any atom is -0.493 e. The van der Waals surface area contributed by atoms with Crippen LogP contribution in [0.2, 0.25) is 0 Å². The molecule has 6 heteroatoms. The molecule has 112 valence electrons. The molecule has 0 radical (unpaired) electrons. The van der Waals surface area contributed by atoms with Crippen molar-refractivity contribution in [1.82, 2.24) is 4.31 Å². The van der Waals surface area contributed by atoms with Gasteiger partial charge in [0, 0.05) is 18.7 Å². The predicted octanol–water partition coefficient (Wildman–Crippen LogP) is 2.27. The third kappa shape index (κ3) is 2.76. The molecule has 0 aliphatic carbocycles. The van der Waals surface area contributed by atoms with Crippen LogP contribution in [0.5, 0.6) is 11.5 Å². The Morgan fingerprint density at radius 2 is 1.85 bits per heavy atom. The van der Waals surface area contributed by atoms with Gasteiger partial charge in [-0.3, -0.25) is 0 Å². The molecule has 1 aliphatic heterocycles. The number of hydrogen-bond acceptors (Lipinski definition) is 4. The molecule has 1 atom stereocenters. The average Bonchev–Trinajstić information content (AvgIpc) is 2.46. The quantitative estimate of drug-likeness (QED) is 0.856. The molecule has 0 saturated carbocycles. The largest absolute Gasteiger partial charge is 0.493 e. The van der Waals surface area contributed by atoms with E-state index in [1.54, 1.807) is 16.4 Å². The number of nitrogens with zero attached hydrogens (tertiary/aromatic N) is 1. The fraction of sp³-hybridized carbons (Fsp3) is 0.571. The van der Waals surface area contributed by atoms with Crippen molar-refractivity contribution in [2.24, 2.45) is 0 Å². The van der Waals surface area contributed by atoms with Gasteiger partial charge >= 0.3 is 0 Å². The van der Waals surface area contributed by atoms with Gasteiger partial charge in [-0.25, -0.2) is 8.42 Å². The highest BCUT2D eigenvalue weighted by molar-refractivity contribution is 7.89. The zero-order valence-electron chi connectivity index (χ0n) is 12.1. The predicted molar refractivity (Wildman–Crippen MR) is 76.8 cm³/mol.